The van der Waals surface area contributed by atoms with Crippen LogP contribution in [0.25, 0.3) is 0 Å². The molecule has 7 nitrogen and oxygen atoms in total. The molecule has 2 rings (SSSR count). The van der Waals surface area contributed by atoms with Crippen LogP contribution < -0.4 is 4.74 Å². The fourth-order valence-corrected chi connectivity index (χ4v) is 5.11. The number of nitrogens with zero attached hydrogens (tertiary/aromatic N) is 1. The Morgan fingerprint density at radius 1 is 1.29 bits per heavy atom. The van der Waals surface area contributed by atoms with Gasteiger partial charge in [-0.15, -0.1) is 0 Å². The minimum Gasteiger partial charge on any atom is -0.495 e. The Hall–Kier alpha value is -1.16. The minimum absolute atomic E-state index is 0.0264. The number of aliphatic hydroxyl groups excluding tert-OH is 1. The Bertz CT molecular complexity index is 712. The van der Waals surface area contributed by atoms with E-state index in [1.807, 2.05) is 0 Å². The molecule has 21 heavy (non-hydrogen) atoms. The van der Waals surface area contributed by atoms with Crippen molar-refractivity contribution in [3.8, 4) is 5.75 Å². The van der Waals surface area contributed by atoms with E-state index in [1.165, 1.54) is 25.3 Å². The van der Waals surface area contributed by atoms with Crippen LogP contribution in [0.4, 0.5) is 0 Å². The van der Waals surface area contributed by atoms with Crippen molar-refractivity contribution in [2.24, 2.45) is 0 Å². The first-order valence-corrected chi connectivity index (χ1v) is 9.54. The van der Waals surface area contributed by atoms with Crippen LogP contribution in [0.3, 0.4) is 0 Å². The summed E-state index contributed by atoms with van der Waals surface area (Å²) in [4.78, 5) is -0.0264. The molecule has 0 aromatic heterocycles. The van der Waals surface area contributed by atoms with Gasteiger partial charge in [-0.1, -0.05) is 6.07 Å². The maximum absolute atomic E-state index is 12.6. The molecule has 1 saturated heterocycles. The summed E-state index contributed by atoms with van der Waals surface area (Å²) in [5.74, 6) is -0.220. The average Bonchev–Trinajstić information content (AvgIpc) is 2.46. The average molecular weight is 335 g/mol. The fraction of sp³-hybridized carbons (Fsp3) is 0.500. The number of sulfone groups is 1. The molecule has 0 bridgehead atoms. The van der Waals surface area contributed by atoms with Gasteiger partial charge in [-0.05, 0) is 17.7 Å². The van der Waals surface area contributed by atoms with Crippen molar-refractivity contribution in [2.45, 2.75) is 11.5 Å². The number of benzene rings is 1. The molecule has 1 aliphatic rings. The molecule has 0 aliphatic carbocycles. The second-order valence-electron chi connectivity index (χ2n) is 4.70. The molecule has 0 saturated carbocycles. The SMILES string of the molecule is COc1cc(CO)ccc1S(=O)(=O)N1CCS(=O)(=O)CC1. The van der Waals surface area contributed by atoms with Gasteiger partial charge in [-0.25, -0.2) is 16.8 Å². The summed E-state index contributed by atoms with van der Waals surface area (Å²) < 4.78 is 54.1. The zero-order chi connectivity index (χ0) is 15.7. The number of hydrogen-bond donors (Lipinski definition) is 1. The smallest absolute Gasteiger partial charge is 0.246 e. The Morgan fingerprint density at radius 2 is 1.90 bits per heavy atom. The zero-order valence-electron chi connectivity index (χ0n) is 11.5. The first-order valence-electron chi connectivity index (χ1n) is 6.28. The summed E-state index contributed by atoms with van der Waals surface area (Å²) in [5.41, 5.74) is 0.534. The second-order valence-corrected chi connectivity index (χ2v) is 8.91. The number of rotatable bonds is 4. The lowest BCUT2D eigenvalue weighted by atomic mass is 10.2. The molecule has 1 heterocycles. The molecule has 0 radical (unpaired) electrons. The van der Waals surface area contributed by atoms with E-state index in [0.29, 0.717) is 5.56 Å². The molecule has 0 unspecified atom stereocenters. The highest BCUT2D eigenvalue weighted by Gasteiger charge is 2.33. The van der Waals surface area contributed by atoms with E-state index < -0.39 is 19.9 Å². The van der Waals surface area contributed by atoms with Crippen LogP contribution in [0, 0.1) is 0 Å². The quantitative estimate of drug-likeness (QED) is 0.804. The zero-order valence-corrected chi connectivity index (χ0v) is 13.2. The van der Waals surface area contributed by atoms with Crippen LogP contribution in [0.5, 0.6) is 5.75 Å². The van der Waals surface area contributed by atoms with E-state index in [1.54, 1.807) is 0 Å². The molecular weight excluding hydrogens is 318 g/mol. The number of aliphatic hydroxyl groups is 1. The van der Waals surface area contributed by atoms with Crippen molar-refractivity contribution >= 4 is 19.9 Å². The van der Waals surface area contributed by atoms with Gasteiger partial charge in [0.25, 0.3) is 0 Å². The van der Waals surface area contributed by atoms with Gasteiger partial charge in [0.05, 0.1) is 25.2 Å². The van der Waals surface area contributed by atoms with E-state index in [9.17, 15) is 16.8 Å². The monoisotopic (exact) mass is 335 g/mol. The van der Waals surface area contributed by atoms with Crippen LogP contribution >= 0.6 is 0 Å². The molecule has 0 amide bonds. The van der Waals surface area contributed by atoms with Crippen molar-refractivity contribution in [3.05, 3.63) is 23.8 Å². The summed E-state index contributed by atoms with van der Waals surface area (Å²) in [5, 5.41) is 9.08. The lowest BCUT2D eigenvalue weighted by Crippen LogP contribution is -2.43. The highest BCUT2D eigenvalue weighted by Crippen LogP contribution is 2.28. The topological polar surface area (TPSA) is 101 Å². The van der Waals surface area contributed by atoms with Gasteiger partial charge >= 0.3 is 0 Å². The first kappa shape index (κ1) is 16.2. The molecular formula is C12H17NO6S2. The predicted molar refractivity (Wildman–Crippen MR) is 76.3 cm³/mol. The summed E-state index contributed by atoms with van der Waals surface area (Å²) >= 11 is 0. The molecule has 1 N–H and O–H groups in total. The molecule has 1 fully saturated rings. The van der Waals surface area contributed by atoms with E-state index in [2.05, 4.69) is 0 Å². The maximum Gasteiger partial charge on any atom is 0.246 e. The van der Waals surface area contributed by atoms with Crippen LogP contribution in [0.1, 0.15) is 5.56 Å². The Kier molecular flexibility index (Phi) is 4.57. The first-order chi connectivity index (χ1) is 9.80. The summed E-state index contributed by atoms with van der Waals surface area (Å²) in [6.07, 6.45) is 0. The third-order valence-electron chi connectivity index (χ3n) is 3.33. The van der Waals surface area contributed by atoms with Crippen molar-refractivity contribution in [1.82, 2.24) is 4.31 Å². The van der Waals surface area contributed by atoms with Crippen LogP contribution in [0.2, 0.25) is 0 Å². The molecule has 9 heteroatoms. The van der Waals surface area contributed by atoms with Gasteiger partial charge in [0.2, 0.25) is 10.0 Å². The van der Waals surface area contributed by atoms with E-state index in [4.69, 9.17) is 9.84 Å². The van der Waals surface area contributed by atoms with Crippen molar-refractivity contribution < 1.29 is 26.7 Å². The van der Waals surface area contributed by atoms with Crippen molar-refractivity contribution in [2.75, 3.05) is 31.7 Å². The third-order valence-corrected chi connectivity index (χ3v) is 6.88. The van der Waals surface area contributed by atoms with Crippen LogP contribution in [0.15, 0.2) is 23.1 Å². The van der Waals surface area contributed by atoms with Gasteiger partial charge in [0.15, 0.2) is 9.84 Å². The Balaban J connectivity index is 2.36. The molecule has 0 spiro atoms. The van der Waals surface area contributed by atoms with Crippen molar-refractivity contribution in [3.63, 3.8) is 0 Å². The normalized spacial score (nSPS) is 19.3. The molecule has 1 aliphatic heterocycles. The Morgan fingerprint density at radius 3 is 2.43 bits per heavy atom. The van der Waals surface area contributed by atoms with E-state index in [0.717, 1.165) is 4.31 Å². The standard InChI is InChI=1S/C12H17NO6S2/c1-19-11-8-10(9-14)2-3-12(11)21(17,18)13-4-6-20(15,16)7-5-13/h2-3,8,14H,4-7,9H2,1H3. The van der Waals surface area contributed by atoms with E-state index >= 15 is 0 Å². The lowest BCUT2D eigenvalue weighted by molar-refractivity contribution is 0.280. The summed E-state index contributed by atoms with van der Waals surface area (Å²) in [6.45, 7) is -0.343. The highest BCUT2D eigenvalue weighted by atomic mass is 32.2. The third kappa shape index (κ3) is 3.37. The fourth-order valence-electron chi connectivity index (χ4n) is 2.10. The van der Waals surface area contributed by atoms with Crippen LogP contribution in [-0.2, 0) is 26.5 Å². The maximum atomic E-state index is 12.6. The second kappa shape index (κ2) is 5.91. The summed E-state index contributed by atoms with van der Waals surface area (Å²) in [6, 6.07) is 4.31. The predicted octanol–water partition coefficient (Wildman–Crippen LogP) is -0.393. The Labute approximate surface area is 124 Å². The van der Waals surface area contributed by atoms with Crippen molar-refractivity contribution in [1.29, 1.82) is 0 Å². The van der Waals surface area contributed by atoms with Gasteiger partial charge in [0.1, 0.15) is 10.6 Å². The van der Waals surface area contributed by atoms with Crippen LogP contribution in [-0.4, -0.2) is 58.0 Å². The molecule has 118 valence electrons. The number of ether oxygens (including phenoxy) is 1. The molecule has 0 atom stereocenters. The molecule has 1 aromatic rings. The van der Waals surface area contributed by atoms with Gasteiger partial charge in [-0.2, -0.15) is 4.31 Å². The highest BCUT2D eigenvalue weighted by molar-refractivity contribution is 7.92. The minimum atomic E-state index is -3.82. The van der Waals surface area contributed by atoms with Gasteiger partial charge in [0, 0.05) is 13.1 Å². The lowest BCUT2D eigenvalue weighted by Gasteiger charge is -2.26. The number of methoxy groups -OCH3 is 1. The summed E-state index contributed by atoms with van der Waals surface area (Å²) in [7, 11) is -5.63. The largest absolute Gasteiger partial charge is 0.495 e. The van der Waals surface area contributed by atoms with Gasteiger partial charge in [-0.3, -0.25) is 0 Å². The molecule has 1 aromatic carbocycles. The van der Waals surface area contributed by atoms with Gasteiger partial charge < -0.3 is 9.84 Å². The van der Waals surface area contributed by atoms with E-state index in [-0.39, 0.29) is 41.8 Å². The number of sulfonamides is 1. The number of hydrogen-bond acceptors (Lipinski definition) is 6.